The van der Waals surface area contributed by atoms with E-state index in [0.717, 1.165) is 24.9 Å². The van der Waals surface area contributed by atoms with Gasteiger partial charge in [0.25, 0.3) is 0 Å². The lowest BCUT2D eigenvalue weighted by atomic mass is 10.1. The number of nitrogen functional groups attached to an aromatic ring is 1. The minimum absolute atomic E-state index is 0.243. The molecule has 116 valence electrons. The Morgan fingerprint density at radius 1 is 1.29 bits per heavy atom. The van der Waals surface area contributed by atoms with E-state index in [2.05, 4.69) is 18.8 Å². The number of sulfone groups is 1. The highest BCUT2D eigenvalue weighted by molar-refractivity contribution is 7.91. The smallest absolute Gasteiger partial charge is 0.201 e. The van der Waals surface area contributed by atoms with Crippen molar-refractivity contribution in [2.45, 2.75) is 44.6 Å². The van der Waals surface area contributed by atoms with E-state index in [-0.39, 0.29) is 4.90 Å². The summed E-state index contributed by atoms with van der Waals surface area (Å²) in [5.74, 6) is 1.07. The molecule has 0 aliphatic heterocycles. The van der Waals surface area contributed by atoms with Gasteiger partial charge in [-0.1, -0.05) is 32.8 Å². The Kier molecular flexibility index (Phi) is 4.56. The second kappa shape index (κ2) is 6.05. The first kappa shape index (κ1) is 15.8. The number of unbranched alkanes of at least 4 members (excludes halogenated alkanes) is 1. The van der Waals surface area contributed by atoms with E-state index in [1.807, 2.05) is 10.6 Å². The summed E-state index contributed by atoms with van der Waals surface area (Å²) in [5.41, 5.74) is 7.23. The molecular weight excluding hydrogens is 286 g/mol. The molecule has 2 aromatic rings. The number of para-hydroxylation sites is 1. The first-order valence-electron chi connectivity index (χ1n) is 7.25. The Balaban J connectivity index is 2.31. The van der Waals surface area contributed by atoms with Gasteiger partial charge in [-0.15, -0.1) is 0 Å². The van der Waals surface area contributed by atoms with E-state index in [4.69, 9.17) is 5.73 Å². The second-order valence-electron chi connectivity index (χ2n) is 5.91. The van der Waals surface area contributed by atoms with Crippen LogP contribution in [0.3, 0.4) is 0 Å². The molecule has 5 nitrogen and oxygen atoms in total. The monoisotopic (exact) mass is 309 g/mol. The van der Waals surface area contributed by atoms with Gasteiger partial charge >= 0.3 is 0 Å². The third-order valence-corrected chi connectivity index (χ3v) is 4.71. The second-order valence-corrected chi connectivity index (χ2v) is 7.89. The van der Waals surface area contributed by atoms with Crippen molar-refractivity contribution < 1.29 is 8.42 Å². The van der Waals surface area contributed by atoms with Crippen LogP contribution in [0.1, 0.15) is 33.1 Å². The number of aryl methyl sites for hydroxylation is 1. The summed E-state index contributed by atoms with van der Waals surface area (Å²) in [5, 5.41) is 0. The summed E-state index contributed by atoms with van der Waals surface area (Å²) < 4.78 is 25.5. The quantitative estimate of drug-likeness (QED) is 0.832. The predicted molar refractivity (Wildman–Crippen MR) is 85.9 cm³/mol. The number of rotatable bonds is 6. The van der Waals surface area contributed by atoms with E-state index < -0.39 is 9.84 Å². The average Bonchev–Trinajstić information content (AvgIpc) is 2.69. The number of hydrogen-bond donors (Lipinski definition) is 1. The van der Waals surface area contributed by atoms with Gasteiger partial charge in [-0.05, 0) is 24.5 Å². The summed E-state index contributed by atoms with van der Waals surface area (Å²) in [4.78, 5) is 4.50. The highest BCUT2D eigenvalue weighted by atomic mass is 32.2. The first-order chi connectivity index (χ1) is 9.80. The van der Waals surface area contributed by atoms with Gasteiger partial charge < -0.3 is 10.3 Å². The average molecular weight is 309 g/mol. The van der Waals surface area contributed by atoms with Gasteiger partial charge in [-0.2, -0.15) is 0 Å². The molecule has 1 heterocycles. The lowest BCUT2D eigenvalue weighted by Gasteiger charge is -2.08. The van der Waals surface area contributed by atoms with Crippen LogP contribution >= 0.6 is 0 Å². The molecule has 2 rings (SSSR count). The van der Waals surface area contributed by atoms with Gasteiger partial charge in [0.15, 0.2) is 9.84 Å². The topological polar surface area (TPSA) is 78.0 Å². The van der Waals surface area contributed by atoms with Crippen LogP contribution in [0.5, 0.6) is 0 Å². The van der Waals surface area contributed by atoms with Crippen molar-refractivity contribution in [3.05, 3.63) is 18.2 Å². The predicted octanol–water partition coefficient (Wildman–Crippen LogP) is 2.85. The van der Waals surface area contributed by atoms with Crippen LogP contribution in [-0.4, -0.2) is 24.2 Å². The first-order valence-corrected chi connectivity index (χ1v) is 9.14. The van der Waals surface area contributed by atoms with Crippen molar-refractivity contribution >= 4 is 26.8 Å². The van der Waals surface area contributed by atoms with Crippen molar-refractivity contribution in [3.8, 4) is 0 Å². The van der Waals surface area contributed by atoms with E-state index >= 15 is 0 Å². The Labute approximate surface area is 126 Å². The molecule has 21 heavy (non-hydrogen) atoms. The molecule has 0 saturated carbocycles. The summed E-state index contributed by atoms with van der Waals surface area (Å²) in [6.07, 6.45) is 4.51. The van der Waals surface area contributed by atoms with Crippen LogP contribution < -0.4 is 5.73 Å². The van der Waals surface area contributed by atoms with Gasteiger partial charge in [-0.3, -0.25) is 0 Å². The maximum atomic E-state index is 11.8. The highest BCUT2D eigenvalue weighted by Crippen LogP contribution is 2.25. The molecule has 1 aromatic heterocycles. The zero-order valence-corrected chi connectivity index (χ0v) is 13.7. The summed E-state index contributed by atoms with van der Waals surface area (Å²) in [6, 6.07) is 5.19. The van der Waals surface area contributed by atoms with Gasteiger partial charge in [0.2, 0.25) is 5.95 Å². The third kappa shape index (κ3) is 3.56. The van der Waals surface area contributed by atoms with E-state index in [0.29, 0.717) is 17.4 Å². The van der Waals surface area contributed by atoms with Crippen molar-refractivity contribution in [1.82, 2.24) is 9.55 Å². The van der Waals surface area contributed by atoms with Crippen LogP contribution in [-0.2, 0) is 16.4 Å². The van der Waals surface area contributed by atoms with E-state index in [9.17, 15) is 8.42 Å². The van der Waals surface area contributed by atoms with Gasteiger partial charge in [0.05, 0.1) is 10.4 Å². The summed E-state index contributed by atoms with van der Waals surface area (Å²) in [6.45, 7) is 5.18. The molecule has 1 aromatic carbocycles. The maximum Gasteiger partial charge on any atom is 0.201 e. The molecule has 0 amide bonds. The van der Waals surface area contributed by atoms with E-state index in [1.54, 1.807) is 12.1 Å². The lowest BCUT2D eigenvalue weighted by Crippen LogP contribution is -2.04. The van der Waals surface area contributed by atoms with Crippen LogP contribution in [0.4, 0.5) is 5.95 Å². The molecule has 0 radical (unpaired) electrons. The van der Waals surface area contributed by atoms with Crippen LogP contribution in [0.15, 0.2) is 23.1 Å². The van der Waals surface area contributed by atoms with Crippen LogP contribution in [0, 0.1) is 5.92 Å². The number of anilines is 1. The number of benzene rings is 1. The third-order valence-electron chi connectivity index (χ3n) is 3.58. The molecular formula is C15H23N3O2S. The number of nitrogens with zero attached hydrogens (tertiary/aromatic N) is 2. The normalized spacial score (nSPS) is 12.4. The zero-order valence-electron chi connectivity index (χ0n) is 12.8. The lowest BCUT2D eigenvalue weighted by molar-refractivity contribution is 0.514. The molecule has 0 aliphatic rings. The van der Waals surface area contributed by atoms with Crippen molar-refractivity contribution in [2.24, 2.45) is 5.92 Å². The number of aromatic nitrogens is 2. The molecule has 0 aliphatic carbocycles. The van der Waals surface area contributed by atoms with Gasteiger partial charge in [-0.25, -0.2) is 13.4 Å². The highest BCUT2D eigenvalue weighted by Gasteiger charge is 2.17. The molecule has 0 bridgehead atoms. The number of nitrogens with two attached hydrogens (primary N) is 1. The molecule has 2 N–H and O–H groups in total. The minimum Gasteiger partial charge on any atom is -0.369 e. The fourth-order valence-corrected chi connectivity index (χ4v) is 3.32. The SMILES string of the molecule is CC(C)CCCCn1c(N)nc2c(S(C)(=O)=O)cccc21. The fraction of sp³-hybridized carbons (Fsp3) is 0.533. The fourth-order valence-electron chi connectivity index (χ4n) is 2.50. The Hall–Kier alpha value is -1.56. The van der Waals surface area contributed by atoms with Crippen LogP contribution in [0.2, 0.25) is 0 Å². The molecule has 0 saturated heterocycles. The van der Waals surface area contributed by atoms with Crippen molar-refractivity contribution in [2.75, 3.05) is 12.0 Å². The number of hydrogen-bond acceptors (Lipinski definition) is 4. The molecule has 6 heteroatoms. The molecule has 0 fully saturated rings. The summed E-state index contributed by atoms with van der Waals surface area (Å²) >= 11 is 0. The molecule has 0 atom stereocenters. The van der Waals surface area contributed by atoms with Gasteiger partial charge in [0.1, 0.15) is 5.52 Å². The Morgan fingerprint density at radius 2 is 2.00 bits per heavy atom. The molecule has 0 unspecified atom stereocenters. The largest absolute Gasteiger partial charge is 0.369 e. The van der Waals surface area contributed by atoms with Crippen LogP contribution in [0.25, 0.3) is 11.0 Å². The minimum atomic E-state index is -3.30. The molecule has 0 spiro atoms. The van der Waals surface area contributed by atoms with Crippen molar-refractivity contribution in [3.63, 3.8) is 0 Å². The number of fused-ring (bicyclic) bond motifs is 1. The van der Waals surface area contributed by atoms with E-state index in [1.165, 1.54) is 12.7 Å². The van der Waals surface area contributed by atoms with Gasteiger partial charge in [0, 0.05) is 12.8 Å². The number of imidazole rings is 1. The standard InChI is InChI=1S/C15H23N3O2S/c1-11(2)7-4-5-10-18-12-8-6-9-13(21(3,19)20)14(12)17-15(18)16/h6,8-9,11H,4-5,7,10H2,1-3H3,(H2,16,17). The van der Waals surface area contributed by atoms with Crippen molar-refractivity contribution in [1.29, 1.82) is 0 Å². The Bertz CT molecular complexity index is 733. The zero-order chi connectivity index (χ0) is 15.6. The Morgan fingerprint density at radius 3 is 2.62 bits per heavy atom. The summed E-state index contributed by atoms with van der Waals surface area (Å²) in [7, 11) is -3.30. The maximum absolute atomic E-state index is 11.8.